The molecule has 6 nitrogen and oxygen atoms in total. The summed E-state index contributed by atoms with van der Waals surface area (Å²) in [6.45, 7) is 0. The van der Waals surface area contributed by atoms with Crippen LogP contribution in [0.1, 0.15) is 0 Å². The van der Waals surface area contributed by atoms with E-state index >= 15 is 0 Å². The first-order valence-electron chi connectivity index (χ1n) is 6.11. The molecule has 0 aliphatic carbocycles. The highest BCUT2D eigenvalue weighted by atomic mass is 16.3. The molecule has 20 heavy (non-hydrogen) atoms. The van der Waals surface area contributed by atoms with Gasteiger partial charge in [0.15, 0.2) is 0 Å². The molecule has 0 spiro atoms. The number of aromatic hydroxyl groups is 1. The van der Waals surface area contributed by atoms with Crippen molar-refractivity contribution in [3.8, 4) is 11.7 Å². The normalized spacial score (nSPS) is 11.4. The van der Waals surface area contributed by atoms with Crippen LogP contribution in [-0.2, 0) is 0 Å². The van der Waals surface area contributed by atoms with E-state index in [2.05, 4.69) is 15.0 Å². The summed E-state index contributed by atoms with van der Waals surface area (Å²) in [5.41, 5.74) is 2.56. The Morgan fingerprint density at radius 1 is 1.05 bits per heavy atom. The molecule has 0 bridgehead atoms. The molecule has 6 heteroatoms. The maximum absolute atomic E-state index is 12.1. The molecule has 0 fully saturated rings. The summed E-state index contributed by atoms with van der Waals surface area (Å²) < 4.78 is 1.41. The summed E-state index contributed by atoms with van der Waals surface area (Å²) in [7, 11) is 0. The van der Waals surface area contributed by atoms with Crippen molar-refractivity contribution in [3.63, 3.8) is 0 Å². The fourth-order valence-electron chi connectivity index (χ4n) is 2.35. The number of H-pyrrole nitrogens is 2. The summed E-state index contributed by atoms with van der Waals surface area (Å²) in [5, 5.41) is 9.59. The number of hydrogen-bond acceptors (Lipinski definition) is 3. The van der Waals surface area contributed by atoms with Crippen molar-refractivity contribution >= 4 is 22.1 Å². The Morgan fingerprint density at radius 3 is 2.75 bits per heavy atom. The largest absolute Gasteiger partial charge is 0.508 e. The number of hydrogen-bond donors (Lipinski definition) is 3. The van der Waals surface area contributed by atoms with Crippen LogP contribution in [0.15, 0.2) is 47.3 Å². The smallest absolute Gasteiger partial charge is 0.333 e. The van der Waals surface area contributed by atoms with Crippen molar-refractivity contribution in [3.05, 3.63) is 52.9 Å². The van der Waals surface area contributed by atoms with Crippen LogP contribution < -0.4 is 5.69 Å². The van der Waals surface area contributed by atoms with Crippen LogP contribution in [0.4, 0.5) is 0 Å². The second kappa shape index (κ2) is 3.74. The number of fused-ring (bicyclic) bond motifs is 2. The lowest BCUT2D eigenvalue weighted by molar-refractivity contribution is 0.476. The van der Waals surface area contributed by atoms with Crippen LogP contribution in [0.3, 0.4) is 0 Å². The lowest BCUT2D eigenvalue weighted by Crippen LogP contribution is -2.15. The number of para-hydroxylation sites is 2. The number of imidazole rings is 2. The summed E-state index contributed by atoms with van der Waals surface area (Å²) in [6, 6.07) is 12.3. The zero-order valence-electron chi connectivity index (χ0n) is 10.3. The second-order valence-electron chi connectivity index (χ2n) is 4.54. The van der Waals surface area contributed by atoms with Crippen LogP contribution in [0.25, 0.3) is 28.0 Å². The second-order valence-corrected chi connectivity index (χ2v) is 4.54. The van der Waals surface area contributed by atoms with Gasteiger partial charge in [0.05, 0.1) is 22.1 Å². The monoisotopic (exact) mass is 266 g/mol. The van der Waals surface area contributed by atoms with Gasteiger partial charge < -0.3 is 15.1 Å². The van der Waals surface area contributed by atoms with E-state index in [-0.39, 0.29) is 11.4 Å². The number of aromatic nitrogens is 4. The van der Waals surface area contributed by atoms with Gasteiger partial charge in [0, 0.05) is 6.07 Å². The molecule has 0 saturated carbocycles. The highest BCUT2D eigenvalue weighted by molar-refractivity contribution is 5.80. The van der Waals surface area contributed by atoms with Crippen LogP contribution in [0, 0.1) is 0 Å². The first kappa shape index (κ1) is 10.9. The maximum Gasteiger partial charge on any atom is 0.333 e. The average molecular weight is 266 g/mol. The Hall–Kier alpha value is -3.02. The summed E-state index contributed by atoms with van der Waals surface area (Å²) in [5.74, 6) is 0.523. The molecule has 0 amide bonds. The van der Waals surface area contributed by atoms with Gasteiger partial charge in [-0.05, 0) is 24.3 Å². The van der Waals surface area contributed by atoms with E-state index in [0.717, 1.165) is 11.0 Å². The van der Waals surface area contributed by atoms with E-state index in [4.69, 9.17) is 0 Å². The van der Waals surface area contributed by atoms with Crippen LogP contribution in [0.2, 0.25) is 0 Å². The third-order valence-corrected chi connectivity index (χ3v) is 3.26. The third kappa shape index (κ3) is 1.45. The molecule has 0 aliphatic heterocycles. The molecular weight excluding hydrogens is 256 g/mol. The SMILES string of the molecule is O=c1[nH]c2ccc(O)cc2n1-c1nc2ccccc2[nH]1. The van der Waals surface area contributed by atoms with Crippen LogP contribution >= 0.6 is 0 Å². The van der Waals surface area contributed by atoms with Gasteiger partial charge in [0.2, 0.25) is 5.95 Å². The molecule has 2 heterocycles. The number of aromatic amines is 2. The summed E-state index contributed by atoms with van der Waals surface area (Å²) >= 11 is 0. The predicted octanol–water partition coefficient (Wildman–Crippen LogP) is 1.90. The minimum absolute atomic E-state index is 0.0985. The molecule has 2 aromatic carbocycles. The molecule has 0 atom stereocenters. The Morgan fingerprint density at radius 2 is 1.90 bits per heavy atom. The van der Waals surface area contributed by atoms with E-state index in [0.29, 0.717) is 17.0 Å². The molecule has 0 aliphatic rings. The first-order chi connectivity index (χ1) is 9.72. The fourth-order valence-corrected chi connectivity index (χ4v) is 2.35. The number of rotatable bonds is 1. The Labute approximate surface area is 112 Å². The number of phenols is 1. The molecule has 98 valence electrons. The zero-order valence-corrected chi connectivity index (χ0v) is 10.3. The van der Waals surface area contributed by atoms with Gasteiger partial charge in [-0.1, -0.05) is 12.1 Å². The van der Waals surface area contributed by atoms with Crippen molar-refractivity contribution in [2.75, 3.05) is 0 Å². The van der Waals surface area contributed by atoms with E-state index in [9.17, 15) is 9.90 Å². The molecule has 2 aromatic heterocycles. The first-order valence-corrected chi connectivity index (χ1v) is 6.11. The van der Waals surface area contributed by atoms with E-state index in [1.807, 2.05) is 24.3 Å². The summed E-state index contributed by atoms with van der Waals surface area (Å²) in [6.07, 6.45) is 0. The highest BCUT2D eigenvalue weighted by Gasteiger charge is 2.12. The Bertz CT molecular complexity index is 960. The van der Waals surface area contributed by atoms with Gasteiger partial charge in [-0.25, -0.2) is 14.3 Å². The summed E-state index contributed by atoms with van der Waals surface area (Å²) in [4.78, 5) is 22.3. The van der Waals surface area contributed by atoms with Gasteiger partial charge >= 0.3 is 5.69 Å². The minimum atomic E-state index is -0.301. The van der Waals surface area contributed by atoms with E-state index < -0.39 is 0 Å². The zero-order chi connectivity index (χ0) is 13.7. The Kier molecular flexibility index (Phi) is 2.03. The van der Waals surface area contributed by atoms with Crippen LogP contribution in [-0.4, -0.2) is 24.6 Å². The number of nitrogens with zero attached hydrogens (tertiary/aromatic N) is 2. The number of nitrogens with one attached hydrogen (secondary N) is 2. The van der Waals surface area contributed by atoms with Crippen LogP contribution in [0.5, 0.6) is 5.75 Å². The van der Waals surface area contributed by atoms with Gasteiger partial charge in [-0.15, -0.1) is 0 Å². The number of benzene rings is 2. The van der Waals surface area contributed by atoms with Crippen molar-refractivity contribution in [1.29, 1.82) is 0 Å². The minimum Gasteiger partial charge on any atom is -0.508 e. The molecule has 0 saturated heterocycles. The standard InChI is InChI=1S/C14H10N4O2/c19-8-5-6-11-12(7-8)18(14(20)17-11)13-15-9-3-1-2-4-10(9)16-13/h1-7,19H,(H,15,16)(H,17,20). The van der Waals surface area contributed by atoms with Crippen molar-refractivity contribution in [2.24, 2.45) is 0 Å². The van der Waals surface area contributed by atoms with Crippen molar-refractivity contribution in [2.45, 2.75) is 0 Å². The average Bonchev–Trinajstić information content (AvgIpc) is 2.97. The fraction of sp³-hybridized carbons (Fsp3) is 0. The lowest BCUT2D eigenvalue weighted by Gasteiger charge is -1.98. The molecule has 0 unspecified atom stereocenters. The lowest BCUT2D eigenvalue weighted by atomic mass is 10.3. The van der Waals surface area contributed by atoms with E-state index in [1.165, 1.54) is 16.7 Å². The topological polar surface area (TPSA) is 86.7 Å². The maximum atomic E-state index is 12.1. The number of phenolic OH excluding ortho intramolecular Hbond substituents is 1. The highest BCUT2D eigenvalue weighted by Crippen LogP contribution is 2.20. The molecular formula is C14H10N4O2. The predicted molar refractivity (Wildman–Crippen MR) is 75.2 cm³/mol. The third-order valence-electron chi connectivity index (χ3n) is 3.26. The van der Waals surface area contributed by atoms with Gasteiger partial charge in [-0.2, -0.15) is 0 Å². The molecule has 3 N–H and O–H groups in total. The molecule has 4 rings (SSSR count). The van der Waals surface area contributed by atoms with Gasteiger partial charge in [0.1, 0.15) is 5.75 Å². The van der Waals surface area contributed by atoms with Gasteiger partial charge in [0.25, 0.3) is 0 Å². The molecule has 0 radical (unpaired) electrons. The Balaban J connectivity index is 2.08. The van der Waals surface area contributed by atoms with Gasteiger partial charge in [-0.3, -0.25) is 0 Å². The van der Waals surface area contributed by atoms with E-state index in [1.54, 1.807) is 6.07 Å². The van der Waals surface area contributed by atoms with Crippen molar-refractivity contribution in [1.82, 2.24) is 19.5 Å². The quantitative estimate of drug-likeness (QED) is 0.491. The van der Waals surface area contributed by atoms with Crippen molar-refractivity contribution < 1.29 is 5.11 Å². The molecule has 4 aromatic rings.